The van der Waals surface area contributed by atoms with E-state index < -0.39 is 5.91 Å². The highest BCUT2D eigenvalue weighted by atomic mass is 16.2. The second-order valence-corrected chi connectivity index (χ2v) is 15.5. The highest BCUT2D eigenvalue weighted by Gasteiger charge is 2.34. The summed E-state index contributed by atoms with van der Waals surface area (Å²) >= 11 is 0. The van der Waals surface area contributed by atoms with E-state index in [1.165, 1.54) is 9.80 Å². The number of hydrogen-bond donors (Lipinski definition) is 2. The van der Waals surface area contributed by atoms with E-state index in [2.05, 4.69) is 32.4 Å². The molecule has 5 heterocycles. The van der Waals surface area contributed by atoms with Crippen LogP contribution >= 0.6 is 0 Å². The molecule has 15 heteroatoms. The lowest BCUT2D eigenvalue weighted by Crippen LogP contribution is -2.46. The first-order valence-corrected chi connectivity index (χ1v) is 19.6. The average molecular weight is 797 g/mol. The Morgan fingerprint density at radius 3 is 2.03 bits per heavy atom. The van der Waals surface area contributed by atoms with E-state index in [1.807, 2.05) is 52.3 Å². The van der Waals surface area contributed by atoms with Gasteiger partial charge in [-0.15, -0.1) is 5.10 Å². The van der Waals surface area contributed by atoms with Crippen LogP contribution in [0.25, 0.3) is 22.0 Å². The van der Waals surface area contributed by atoms with Crippen LogP contribution in [0.1, 0.15) is 60.9 Å². The van der Waals surface area contributed by atoms with E-state index in [0.717, 1.165) is 33.3 Å². The maximum Gasteiger partial charge on any atom is 0.269 e. The van der Waals surface area contributed by atoms with Crippen molar-refractivity contribution in [1.82, 2.24) is 44.6 Å². The number of nitrogens with zero attached hydrogens (tertiary/aromatic N) is 8. The van der Waals surface area contributed by atoms with Gasteiger partial charge in [0.05, 0.1) is 23.9 Å². The molecule has 0 radical (unpaired) electrons. The maximum atomic E-state index is 14.1. The molecule has 0 fully saturated rings. The van der Waals surface area contributed by atoms with Crippen LogP contribution in [0.15, 0.2) is 91.4 Å². The molecular weight excluding hydrogens is 749 g/mol. The van der Waals surface area contributed by atoms with Gasteiger partial charge in [-0.2, -0.15) is 0 Å². The predicted octanol–water partition coefficient (Wildman–Crippen LogP) is 3.76. The van der Waals surface area contributed by atoms with Gasteiger partial charge in [0.1, 0.15) is 5.69 Å². The third kappa shape index (κ3) is 9.14. The first-order chi connectivity index (χ1) is 28.3. The molecule has 2 atom stereocenters. The summed E-state index contributed by atoms with van der Waals surface area (Å²) in [5.74, 6) is -1.78. The molecule has 3 aromatic heterocycles. The van der Waals surface area contributed by atoms with Crippen molar-refractivity contribution in [2.45, 2.75) is 25.8 Å². The van der Waals surface area contributed by atoms with E-state index >= 15 is 0 Å². The summed E-state index contributed by atoms with van der Waals surface area (Å²) in [6.45, 7) is 1.78. The van der Waals surface area contributed by atoms with Gasteiger partial charge in [0.2, 0.25) is 17.7 Å². The molecule has 2 unspecified atom stereocenters. The Kier molecular flexibility index (Phi) is 11.8. The summed E-state index contributed by atoms with van der Waals surface area (Å²) < 4.78 is 1.61. The number of carbonyl (C=O) groups is 5. The van der Waals surface area contributed by atoms with Crippen molar-refractivity contribution in [3.8, 4) is 0 Å². The largest absolute Gasteiger partial charge is 0.366 e. The summed E-state index contributed by atoms with van der Waals surface area (Å²) in [6.07, 6.45) is 10.3. The fraction of sp³-hybridized carbons (Fsp3) is 0.318. The number of aryl methyl sites for hydroxylation is 2. The molecule has 304 valence electrons. The van der Waals surface area contributed by atoms with Crippen molar-refractivity contribution < 1.29 is 24.0 Å². The van der Waals surface area contributed by atoms with E-state index in [1.54, 1.807) is 69.7 Å². The van der Waals surface area contributed by atoms with E-state index in [4.69, 9.17) is 5.73 Å². The molecule has 7 rings (SSSR count). The maximum absolute atomic E-state index is 14.1. The summed E-state index contributed by atoms with van der Waals surface area (Å²) in [7, 11) is 6.63. The van der Waals surface area contributed by atoms with Gasteiger partial charge in [-0.1, -0.05) is 41.6 Å². The molecule has 0 saturated heterocycles. The number of pyridine rings is 1. The molecule has 0 bridgehead atoms. The first kappa shape index (κ1) is 40.3. The van der Waals surface area contributed by atoms with Crippen molar-refractivity contribution in [2.24, 2.45) is 17.6 Å². The number of nitrogens with two attached hydrogens (primary N) is 1. The minimum Gasteiger partial charge on any atom is -0.366 e. The zero-order valence-corrected chi connectivity index (χ0v) is 33.7. The van der Waals surface area contributed by atoms with Crippen LogP contribution in [0.2, 0.25) is 0 Å². The Bertz CT molecular complexity index is 2450. The van der Waals surface area contributed by atoms with Crippen LogP contribution in [0.3, 0.4) is 0 Å². The highest BCUT2D eigenvalue weighted by molar-refractivity contribution is 6.07. The number of H-pyrrole nitrogens is 1. The normalized spacial score (nSPS) is 16.7. The van der Waals surface area contributed by atoms with Gasteiger partial charge in [0, 0.05) is 108 Å². The lowest BCUT2D eigenvalue weighted by molar-refractivity contribution is -0.133. The van der Waals surface area contributed by atoms with Crippen molar-refractivity contribution in [1.29, 1.82) is 0 Å². The molecule has 0 spiro atoms. The monoisotopic (exact) mass is 796 g/mol. The third-order valence-corrected chi connectivity index (χ3v) is 10.9. The second kappa shape index (κ2) is 17.3. The summed E-state index contributed by atoms with van der Waals surface area (Å²) in [6, 6.07) is 18.5. The van der Waals surface area contributed by atoms with E-state index in [0.29, 0.717) is 43.9 Å². The predicted molar refractivity (Wildman–Crippen MR) is 223 cm³/mol. The zero-order valence-electron chi connectivity index (χ0n) is 33.7. The van der Waals surface area contributed by atoms with E-state index in [-0.39, 0.29) is 66.0 Å². The lowest BCUT2D eigenvalue weighted by atomic mass is 9.81. The topological polar surface area (TPSA) is 184 Å². The molecule has 3 N–H and O–H groups in total. The van der Waals surface area contributed by atoms with Gasteiger partial charge in [-0.05, 0) is 65.1 Å². The number of fused-ring (bicyclic) bond motifs is 1. The number of amides is 5. The fourth-order valence-corrected chi connectivity index (χ4v) is 7.77. The zero-order chi connectivity index (χ0) is 41.8. The van der Waals surface area contributed by atoms with Crippen molar-refractivity contribution in [3.63, 3.8) is 0 Å². The Morgan fingerprint density at radius 2 is 1.42 bits per heavy atom. The van der Waals surface area contributed by atoms with Gasteiger partial charge >= 0.3 is 0 Å². The van der Waals surface area contributed by atoms with Crippen LogP contribution < -0.4 is 5.73 Å². The molecule has 2 aliphatic heterocycles. The number of nitrogens with one attached hydrogen (secondary N) is 1. The number of aromatic amines is 1. The molecule has 0 aliphatic carbocycles. The Balaban J connectivity index is 1.27. The number of carbonyl (C=O) groups excluding carboxylic acids is 5. The average Bonchev–Trinajstić information content (AvgIpc) is 3.94. The molecule has 2 aliphatic rings. The number of hydrogen-bond acceptors (Lipinski definition) is 8. The molecule has 5 aromatic rings. The van der Waals surface area contributed by atoms with Crippen LogP contribution in [0, 0.1) is 11.8 Å². The summed E-state index contributed by atoms with van der Waals surface area (Å²) in [5.41, 5.74) is 11.5. The van der Waals surface area contributed by atoms with Gasteiger partial charge in [-0.25, -0.2) is 0 Å². The number of primary amides is 1. The van der Waals surface area contributed by atoms with Crippen LogP contribution in [-0.2, 0) is 22.6 Å². The van der Waals surface area contributed by atoms with E-state index in [9.17, 15) is 24.0 Å². The number of benzene rings is 2. The standard InChI is InChI=1S/C44H48N10O5/c1-50(2)43(58)36-12-10-28(21-37(36)42(45)57)31-19-33(27-53(24-31)41(56)14-17-54-18-16-47-49-54)34-20-32(25-52(26-34)40(55)13-11-35-7-5-6-15-46-35)29-8-9-30-23-39(44(59)51(3)4)48-38(30)22-29/h5-10,12,15-16,18-23,33-34,48H,11,13-14,17,24-27H2,1-4H3,(H2,45,57). The molecule has 0 saturated carbocycles. The molecular formula is C44H48N10O5. The summed E-state index contributed by atoms with van der Waals surface area (Å²) in [4.78, 5) is 80.8. The number of rotatable bonds is 12. The van der Waals surface area contributed by atoms with Gasteiger partial charge in [0.25, 0.3) is 11.8 Å². The Labute approximate surface area is 342 Å². The van der Waals surface area contributed by atoms with Crippen molar-refractivity contribution in [3.05, 3.63) is 125 Å². The van der Waals surface area contributed by atoms with Gasteiger partial charge in [0.15, 0.2) is 0 Å². The molecule has 2 aromatic carbocycles. The minimum absolute atomic E-state index is 0.0147. The molecule has 15 nitrogen and oxygen atoms in total. The van der Waals surface area contributed by atoms with Crippen molar-refractivity contribution in [2.75, 3.05) is 54.4 Å². The van der Waals surface area contributed by atoms with Crippen LogP contribution in [0.4, 0.5) is 0 Å². The molecule has 59 heavy (non-hydrogen) atoms. The Hall–Kier alpha value is -6.90. The Morgan fingerprint density at radius 1 is 0.763 bits per heavy atom. The third-order valence-electron chi connectivity index (χ3n) is 10.9. The molecule has 5 amide bonds. The fourth-order valence-electron chi connectivity index (χ4n) is 7.77. The minimum atomic E-state index is -0.734. The lowest BCUT2D eigenvalue weighted by Gasteiger charge is -2.40. The van der Waals surface area contributed by atoms with Gasteiger partial charge < -0.3 is 30.3 Å². The quantitative estimate of drug-likeness (QED) is 0.191. The van der Waals surface area contributed by atoms with Crippen LogP contribution in [-0.4, -0.2) is 128 Å². The smallest absolute Gasteiger partial charge is 0.269 e. The highest BCUT2D eigenvalue weighted by Crippen LogP contribution is 2.35. The SMILES string of the molecule is CN(C)C(=O)c1cc2ccc(C3=CC(C4C=C(c5ccc(C(=O)N(C)C)c(C(N)=O)c5)CN(C(=O)CCn5ccnn5)C4)CN(C(=O)CCc4ccccn4)C3)cc2[nH]1. The number of aromatic nitrogens is 5. The second-order valence-electron chi connectivity index (χ2n) is 15.5. The van der Waals surface area contributed by atoms with Gasteiger partial charge in [-0.3, -0.25) is 33.6 Å². The summed E-state index contributed by atoms with van der Waals surface area (Å²) in [5, 5.41) is 8.77. The van der Waals surface area contributed by atoms with Crippen LogP contribution in [0.5, 0.6) is 0 Å². The first-order valence-electron chi connectivity index (χ1n) is 19.6. The van der Waals surface area contributed by atoms with Crippen molar-refractivity contribution >= 4 is 51.6 Å².